The third-order valence-corrected chi connectivity index (χ3v) is 6.81. The van der Waals surface area contributed by atoms with Gasteiger partial charge in [-0.2, -0.15) is 0 Å². The molecule has 3 aromatic carbocycles. The largest absolute Gasteiger partial charge is 0.268 e. The van der Waals surface area contributed by atoms with E-state index < -0.39 is 0 Å². The van der Waals surface area contributed by atoms with Crippen molar-refractivity contribution in [3.05, 3.63) is 99.3 Å². The zero-order chi connectivity index (χ0) is 21.5. The molecule has 6 heteroatoms. The first-order valence-electron chi connectivity index (χ1n) is 10.2. The van der Waals surface area contributed by atoms with Crippen LogP contribution in [0.1, 0.15) is 22.3 Å². The maximum atomic E-state index is 13.5. The van der Waals surface area contributed by atoms with Crippen molar-refractivity contribution in [1.29, 1.82) is 0 Å². The van der Waals surface area contributed by atoms with Crippen molar-refractivity contribution in [3.8, 4) is 5.69 Å². The zero-order valence-electron chi connectivity index (χ0n) is 17.7. The highest BCUT2D eigenvalue weighted by atomic mass is 32.2. The van der Waals surface area contributed by atoms with Crippen molar-refractivity contribution in [1.82, 2.24) is 19.2 Å². The number of fused-ring (bicyclic) bond motifs is 3. The number of hydrogen-bond acceptors (Lipinski definition) is 4. The molecule has 0 bridgehead atoms. The van der Waals surface area contributed by atoms with Gasteiger partial charge in [-0.3, -0.25) is 9.20 Å². The van der Waals surface area contributed by atoms with Crippen LogP contribution in [0.4, 0.5) is 0 Å². The summed E-state index contributed by atoms with van der Waals surface area (Å²) < 4.78 is 3.69. The maximum absolute atomic E-state index is 13.5. The fourth-order valence-corrected chi connectivity index (χ4v) is 4.90. The first kappa shape index (κ1) is 19.6. The van der Waals surface area contributed by atoms with Gasteiger partial charge in [0.15, 0.2) is 5.16 Å². The SMILES string of the molecule is Cc1ccccc1CSc1nnc2n(-c3cccc(C)c3C)c(=O)c3ccccc3n12. The fourth-order valence-electron chi connectivity index (χ4n) is 3.88. The molecule has 5 aromatic rings. The van der Waals surface area contributed by atoms with Crippen LogP contribution in [0.15, 0.2) is 76.7 Å². The normalized spacial score (nSPS) is 11.5. The minimum absolute atomic E-state index is 0.0837. The van der Waals surface area contributed by atoms with Crippen LogP contribution in [-0.2, 0) is 5.75 Å². The Labute approximate surface area is 184 Å². The van der Waals surface area contributed by atoms with Crippen molar-refractivity contribution in [2.24, 2.45) is 0 Å². The minimum atomic E-state index is -0.0837. The predicted octanol–water partition coefficient (Wildman–Crippen LogP) is 5.25. The molecule has 5 nitrogen and oxygen atoms in total. The molecule has 154 valence electrons. The van der Waals surface area contributed by atoms with E-state index in [4.69, 9.17) is 0 Å². The smallest absolute Gasteiger partial charge is 0.267 e. The van der Waals surface area contributed by atoms with E-state index in [0.29, 0.717) is 11.2 Å². The summed E-state index contributed by atoms with van der Waals surface area (Å²) in [6.45, 7) is 6.20. The summed E-state index contributed by atoms with van der Waals surface area (Å²) in [6, 6.07) is 22.0. The van der Waals surface area contributed by atoms with Gasteiger partial charge in [0.05, 0.1) is 16.6 Å². The van der Waals surface area contributed by atoms with E-state index in [2.05, 4.69) is 48.3 Å². The molecule has 0 unspecified atom stereocenters. The van der Waals surface area contributed by atoms with Crippen LogP contribution >= 0.6 is 11.8 Å². The van der Waals surface area contributed by atoms with Gasteiger partial charge in [0.2, 0.25) is 5.78 Å². The Bertz CT molecular complexity index is 1500. The second-order valence-electron chi connectivity index (χ2n) is 7.71. The van der Waals surface area contributed by atoms with Gasteiger partial charge in [-0.25, -0.2) is 4.57 Å². The Morgan fingerprint density at radius 3 is 2.42 bits per heavy atom. The lowest BCUT2D eigenvalue weighted by atomic mass is 10.1. The van der Waals surface area contributed by atoms with Crippen LogP contribution in [0.5, 0.6) is 0 Å². The highest BCUT2D eigenvalue weighted by molar-refractivity contribution is 7.98. The lowest BCUT2D eigenvalue weighted by Crippen LogP contribution is -2.22. The molecule has 0 fully saturated rings. The first-order valence-corrected chi connectivity index (χ1v) is 11.2. The van der Waals surface area contributed by atoms with E-state index in [0.717, 1.165) is 33.2 Å². The molecular weight excluding hydrogens is 404 g/mol. The van der Waals surface area contributed by atoms with Gasteiger partial charge in [0, 0.05) is 5.75 Å². The van der Waals surface area contributed by atoms with Gasteiger partial charge >= 0.3 is 0 Å². The number of nitrogens with zero attached hydrogens (tertiary/aromatic N) is 4. The van der Waals surface area contributed by atoms with Crippen LogP contribution in [0.25, 0.3) is 22.4 Å². The second-order valence-corrected chi connectivity index (χ2v) is 8.65. The molecule has 31 heavy (non-hydrogen) atoms. The molecule has 0 aliphatic heterocycles. The molecule has 2 heterocycles. The van der Waals surface area contributed by atoms with Gasteiger partial charge in [0.25, 0.3) is 5.56 Å². The van der Waals surface area contributed by atoms with Crippen LogP contribution in [0.2, 0.25) is 0 Å². The first-order chi connectivity index (χ1) is 15.1. The average Bonchev–Trinajstić information content (AvgIpc) is 3.20. The summed E-state index contributed by atoms with van der Waals surface area (Å²) in [7, 11) is 0. The molecule has 0 radical (unpaired) electrons. The summed E-state index contributed by atoms with van der Waals surface area (Å²) in [5.74, 6) is 1.31. The van der Waals surface area contributed by atoms with Crippen LogP contribution in [0, 0.1) is 20.8 Å². The third kappa shape index (κ3) is 3.24. The summed E-state index contributed by atoms with van der Waals surface area (Å²) in [5, 5.41) is 10.4. The third-order valence-electron chi connectivity index (χ3n) is 5.83. The minimum Gasteiger partial charge on any atom is -0.268 e. The van der Waals surface area contributed by atoms with Crippen molar-refractivity contribution in [3.63, 3.8) is 0 Å². The molecule has 2 aromatic heterocycles. The van der Waals surface area contributed by atoms with Gasteiger partial charge in [-0.1, -0.05) is 60.3 Å². The molecule has 0 amide bonds. The van der Waals surface area contributed by atoms with E-state index in [1.165, 1.54) is 11.1 Å². The number of aryl methyl sites for hydroxylation is 2. The van der Waals surface area contributed by atoms with E-state index in [1.807, 2.05) is 53.8 Å². The summed E-state index contributed by atoms with van der Waals surface area (Å²) in [5.41, 5.74) is 6.27. The van der Waals surface area contributed by atoms with E-state index in [-0.39, 0.29) is 5.56 Å². The highest BCUT2D eigenvalue weighted by Crippen LogP contribution is 2.27. The molecule has 5 rings (SSSR count). The highest BCUT2D eigenvalue weighted by Gasteiger charge is 2.19. The van der Waals surface area contributed by atoms with Gasteiger partial charge in [-0.15, -0.1) is 10.2 Å². The molecule has 0 N–H and O–H groups in total. The lowest BCUT2D eigenvalue weighted by molar-refractivity contribution is 0.927. The van der Waals surface area contributed by atoms with E-state index in [1.54, 1.807) is 16.3 Å². The Hall–Kier alpha value is -3.38. The molecule has 0 spiro atoms. The summed E-state index contributed by atoms with van der Waals surface area (Å²) in [6.07, 6.45) is 0. The maximum Gasteiger partial charge on any atom is 0.267 e. The number of hydrogen-bond donors (Lipinski definition) is 0. The quantitative estimate of drug-likeness (QED) is 0.368. The van der Waals surface area contributed by atoms with Crippen LogP contribution in [0.3, 0.4) is 0 Å². The standard InChI is InChI=1S/C25H22N4OS/c1-16-10-8-14-21(18(16)3)28-23(30)20-12-6-7-13-22(20)29-24(28)26-27-25(29)31-15-19-11-5-4-9-17(19)2/h4-14H,15H2,1-3H3. The van der Waals surface area contributed by atoms with Gasteiger partial charge in [-0.05, 0) is 61.2 Å². The Balaban J connectivity index is 1.76. The van der Waals surface area contributed by atoms with Gasteiger partial charge < -0.3 is 0 Å². The molecular formula is C25H22N4OS. The zero-order valence-corrected chi connectivity index (χ0v) is 18.5. The van der Waals surface area contributed by atoms with E-state index >= 15 is 0 Å². The lowest BCUT2D eigenvalue weighted by Gasteiger charge is -2.14. The number of thioether (sulfide) groups is 1. The van der Waals surface area contributed by atoms with Crippen molar-refractivity contribution in [2.45, 2.75) is 31.7 Å². The van der Waals surface area contributed by atoms with E-state index in [9.17, 15) is 4.79 Å². The van der Waals surface area contributed by atoms with Gasteiger partial charge in [0.1, 0.15) is 0 Å². The number of benzene rings is 3. The summed E-state index contributed by atoms with van der Waals surface area (Å²) in [4.78, 5) is 13.5. The molecule has 0 saturated heterocycles. The Morgan fingerprint density at radius 1 is 0.839 bits per heavy atom. The van der Waals surface area contributed by atoms with Crippen molar-refractivity contribution < 1.29 is 0 Å². The van der Waals surface area contributed by atoms with Crippen molar-refractivity contribution >= 4 is 28.4 Å². The molecule has 0 aliphatic rings. The molecule has 0 aliphatic carbocycles. The fraction of sp³-hybridized carbons (Fsp3) is 0.160. The second kappa shape index (κ2) is 7.71. The summed E-state index contributed by atoms with van der Waals surface area (Å²) >= 11 is 1.63. The average molecular weight is 427 g/mol. The van der Waals surface area contributed by atoms with Crippen LogP contribution < -0.4 is 5.56 Å². The van der Waals surface area contributed by atoms with Crippen molar-refractivity contribution in [2.75, 3.05) is 0 Å². The topological polar surface area (TPSA) is 52.2 Å². The molecule has 0 saturated carbocycles. The Kier molecular flexibility index (Phi) is 4.87. The number of aromatic nitrogens is 4. The molecule has 0 atom stereocenters. The van der Waals surface area contributed by atoms with Crippen LogP contribution in [-0.4, -0.2) is 19.2 Å². The monoisotopic (exact) mass is 426 g/mol. The number of rotatable bonds is 4. The Morgan fingerprint density at radius 2 is 1.58 bits per heavy atom. The predicted molar refractivity (Wildman–Crippen MR) is 126 cm³/mol. The number of para-hydroxylation sites is 1.